The molecule has 0 fully saturated rings. The molecule has 146 valence electrons. The zero-order valence-electron chi connectivity index (χ0n) is 15.4. The van der Waals surface area contributed by atoms with E-state index in [1.807, 2.05) is 17.6 Å². The Morgan fingerprint density at radius 3 is 2.89 bits per heavy atom. The maximum atomic E-state index is 12.3. The van der Waals surface area contributed by atoms with Crippen LogP contribution in [0.3, 0.4) is 0 Å². The van der Waals surface area contributed by atoms with E-state index in [0.29, 0.717) is 34.0 Å². The van der Waals surface area contributed by atoms with Crippen molar-refractivity contribution in [3.63, 3.8) is 0 Å². The number of hydrogen-bond acceptors (Lipinski definition) is 6. The number of thioether (sulfide) groups is 1. The van der Waals surface area contributed by atoms with Crippen molar-refractivity contribution < 1.29 is 13.9 Å². The Bertz CT molecular complexity index is 999. The molecule has 0 unspecified atom stereocenters. The monoisotopic (exact) mass is 418 g/mol. The van der Waals surface area contributed by atoms with Crippen LogP contribution in [0.25, 0.3) is 11.4 Å². The van der Waals surface area contributed by atoms with E-state index in [1.54, 1.807) is 30.5 Å². The van der Waals surface area contributed by atoms with Crippen LogP contribution < -0.4 is 10.1 Å². The predicted octanol–water partition coefficient (Wildman–Crippen LogP) is 4.43. The first-order chi connectivity index (χ1) is 13.5. The Balaban J connectivity index is 1.69. The van der Waals surface area contributed by atoms with Crippen molar-refractivity contribution >= 4 is 35.0 Å². The second kappa shape index (κ2) is 8.99. The van der Waals surface area contributed by atoms with Crippen molar-refractivity contribution in [1.29, 1.82) is 0 Å². The fraction of sp³-hybridized carbons (Fsp3) is 0.211. The van der Waals surface area contributed by atoms with Gasteiger partial charge in [0.25, 0.3) is 0 Å². The molecule has 0 spiro atoms. The molecule has 3 aromatic rings. The normalized spacial score (nSPS) is 10.7. The third-order valence-corrected chi connectivity index (χ3v) is 5.16. The SMILES string of the molecule is C=CCn1c(SCC(=O)Nc2ccc(OC)c(Cl)c2)nnc1-c1ccoc1C. The van der Waals surface area contributed by atoms with Gasteiger partial charge in [-0.25, -0.2) is 0 Å². The van der Waals surface area contributed by atoms with Crippen LogP contribution in [0, 0.1) is 6.92 Å². The first-order valence-electron chi connectivity index (χ1n) is 8.38. The summed E-state index contributed by atoms with van der Waals surface area (Å²) in [7, 11) is 1.54. The van der Waals surface area contributed by atoms with Gasteiger partial charge in [0.15, 0.2) is 11.0 Å². The molecule has 2 heterocycles. The zero-order chi connectivity index (χ0) is 20.1. The smallest absolute Gasteiger partial charge is 0.234 e. The van der Waals surface area contributed by atoms with Gasteiger partial charge in [0.2, 0.25) is 5.91 Å². The minimum atomic E-state index is -0.180. The molecule has 1 aromatic carbocycles. The largest absolute Gasteiger partial charge is 0.495 e. The minimum Gasteiger partial charge on any atom is -0.495 e. The number of carbonyl (C=O) groups excluding carboxylic acids is 1. The van der Waals surface area contributed by atoms with E-state index in [4.69, 9.17) is 20.8 Å². The summed E-state index contributed by atoms with van der Waals surface area (Å²) in [6.07, 6.45) is 3.36. The second-order valence-electron chi connectivity index (χ2n) is 5.78. The van der Waals surface area contributed by atoms with Gasteiger partial charge in [0.1, 0.15) is 11.5 Å². The van der Waals surface area contributed by atoms with Gasteiger partial charge in [0.05, 0.1) is 29.7 Å². The van der Waals surface area contributed by atoms with E-state index in [-0.39, 0.29) is 11.7 Å². The molecule has 0 aliphatic carbocycles. The van der Waals surface area contributed by atoms with Gasteiger partial charge in [-0.2, -0.15) is 0 Å². The van der Waals surface area contributed by atoms with E-state index in [9.17, 15) is 4.79 Å². The molecule has 1 N–H and O–H groups in total. The number of hydrogen-bond donors (Lipinski definition) is 1. The number of nitrogens with one attached hydrogen (secondary N) is 1. The van der Waals surface area contributed by atoms with Crippen LogP contribution >= 0.6 is 23.4 Å². The molecule has 3 rings (SSSR count). The topological polar surface area (TPSA) is 82.2 Å². The number of furan rings is 1. The summed E-state index contributed by atoms with van der Waals surface area (Å²) >= 11 is 7.38. The average molecular weight is 419 g/mol. The number of carbonyl (C=O) groups is 1. The Morgan fingerprint density at radius 1 is 1.43 bits per heavy atom. The molecule has 1 amide bonds. The highest BCUT2D eigenvalue weighted by Gasteiger charge is 2.17. The average Bonchev–Trinajstić information content (AvgIpc) is 3.26. The number of aryl methyl sites for hydroxylation is 1. The number of nitrogens with zero attached hydrogens (tertiary/aromatic N) is 3. The van der Waals surface area contributed by atoms with Crippen molar-refractivity contribution in [2.45, 2.75) is 18.6 Å². The molecule has 0 atom stereocenters. The van der Waals surface area contributed by atoms with Gasteiger partial charge in [-0.05, 0) is 31.2 Å². The highest BCUT2D eigenvalue weighted by molar-refractivity contribution is 7.99. The van der Waals surface area contributed by atoms with Crippen LogP contribution in [0.1, 0.15) is 5.76 Å². The summed E-state index contributed by atoms with van der Waals surface area (Å²) < 4.78 is 12.4. The molecule has 28 heavy (non-hydrogen) atoms. The third-order valence-electron chi connectivity index (χ3n) is 3.90. The van der Waals surface area contributed by atoms with Crippen molar-refractivity contribution in [3.05, 3.63) is 54.0 Å². The molecule has 0 bridgehead atoms. The summed E-state index contributed by atoms with van der Waals surface area (Å²) in [5.74, 6) is 1.97. The highest BCUT2D eigenvalue weighted by atomic mass is 35.5. The third kappa shape index (κ3) is 4.40. The number of allylic oxidation sites excluding steroid dienone is 1. The summed E-state index contributed by atoms with van der Waals surface area (Å²) in [6, 6.07) is 6.91. The molecule has 0 saturated heterocycles. The van der Waals surface area contributed by atoms with Gasteiger partial charge in [-0.3, -0.25) is 9.36 Å². The van der Waals surface area contributed by atoms with Gasteiger partial charge in [0, 0.05) is 12.2 Å². The Hall–Kier alpha value is -2.71. The lowest BCUT2D eigenvalue weighted by Crippen LogP contribution is -2.14. The maximum Gasteiger partial charge on any atom is 0.234 e. The number of benzene rings is 1. The molecular formula is C19H19ClN4O3S. The lowest BCUT2D eigenvalue weighted by molar-refractivity contribution is -0.113. The predicted molar refractivity (Wildman–Crippen MR) is 110 cm³/mol. The number of methoxy groups -OCH3 is 1. The Labute approximate surface area is 171 Å². The molecular weight excluding hydrogens is 400 g/mol. The van der Waals surface area contributed by atoms with Gasteiger partial charge < -0.3 is 14.5 Å². The fourth-order valence-corrected chi connectivity index (χ4v) is 3.58. The summed E-state index contributed by atoms with van der Waals surface area (Å²) in [4.78, 5) is 12.3. The zero-order valence-corrected chi connectivity index (χ0v) is 17.0. The van der Waals surface area contributed by atoms with Crippen LogP contribution in [-0.2, 0) is 11.3 Å². The second-order valence-corrected chi connectivity index (χ2v) is 7.13. The number of aromatic nitrogens is 3. The molecule has 2 aromatic heterocycles. The van der Waals surface area contributed by atoms with Gasteiger partial charge >= 0.3 is 0 Å². The van der Waals surface area contributed by atoms with E-state index in [1.165, 1.54) is 18.9 Å². The molecule has 0 saturated carbocycles. The number of anilines is 1. The number of rotatable bonds is 8. The Kier molecular flexibility index (Phi) is 6.43. The summed E-state index contributed by atoms with van der Waals surface area (Å²) in [5.41, 5.74) is 1.46. The standard InChI is InChI=1S/C19H19ClN4O3S/c1-4-8-24-18(14-7-9-27-12(14)2)22-23-19(24)28-11-17(25)21-13-5-6-16(26-3)15(20)10-13/h4-7,9-10H,1,8,11H2,2-3H3,(H,21,25). The van der Waals surface area contributed by atoms with E-state index in [2.05, 4.69) is 22.1 Å². The summed E-state index contributed by atoms with van der Waals surface area (Å²) in [5, 5.41) is 12.3. The molecule has 9 heteroatoms. The van der Waals surface area contributed by atoms with Crippen LogP contribution in [-0.4, -0.2) is 33.5 Å². The maximum absolute atomic E-state index is 12.3. The van der Waals surface area contributed by atoms with Crippen molar-refractivity contribution in [2.75, 3.05) is 18.2 Å². The van der Waals surface area contributed by atoms with Crippen LogP contribution in [0.2, 0.25) is 5.02 Å². The molecule has 0 aliphatic heterocycles. The first kappa shape index (κ1) is 20.0. The first-order valence-corrected chi connectivity index (χ1v) is 9.74. The van der Waals surface area contributed by atoms with Crippen molar-refractivity contribution in [3.8, 4) is 17.1 Å². The van der Waals surface area contributed by atoms with Crippen molar-refractivity contribution in [2.24, 2.45) is 0 Å². The molecule has 0 radical (unpaired) electrons. The van der Waals surface area contributed by atoms with Crippen LogP contribution in [0.4, 0.5) is 5.69 Å². The molecule has 0 aliphatic rings. The quantitative estimate of drug-likeness (QED) is 0.430. The van der Waals surface area contributed by atoms with Crippen LogP contribution in [0.15, 0.2) is 52.8 Å². The number of ether oxygens (including phenoxy) is 1. The summed E-state index contributed by atoms with van der Waals surface area (Å²) in [6.45, 7) is 6.17. The lowest BCUT2D eigenvalue weighted by atomic mass is 10.2. The number of amides is 1. The van der Waals surface area contributed by atoms with Crippen LogP contribution in [0.5, 0.6) is 5.75 Å². The minimum absolute atomic E-state index is 0.170. The highest BCUT2D eigenvalue weighted by Crippen LogP contribution is 2.29. The van der Waals surface area contributed by atoms with Crippen molar-refractivity contribution in [1.82, 2.24) is 14.8 Å². The van der Waals surface area contributed by atoms with E-state index >= 15 is 0 Å². The van der Waals surface area contributed by atoms with Gasteiger partial charge in [-0.1, -0.05) is 29.4 Å². The Morgan fingerprint density at radius 2 is 2.25 bits per heavy atom. The lowest BCUT2D eigenvalue weighted by Gasteiger charge is -2.09. The number of halogens is 1. The molecule has 7 nitrogen and oxygen atoms in total. The van der Waals surface area contributed by atoms with Gasteiger partial charge in [-0.15, -0.1) is 16.8 Å². The fourth-order valence-electron chi connectivity index (χ4n) is 2.58. The van der Waals surface area contributed by atoms with E-state index in [0.717, 1.165) is 11.3 Å². The van der Waals surface area contributed by atoms with E-state index < -0.39 is 0 Å².